The Morgan fingerprint density at radius 1 is 1.30 bits per heavy atom. The number of carbonyl (C=O) groups is 1. The van der Waals surface area contributed by atoms with Gasteiger partial charge in [0, 0.05) is 19.3 Å². The highest BCUT2D eigenvalue weighted by Gasteiger charge is 2.23. The van der Waals surface area contributed by atoms with Crippen LogP contribution in [-0.4, -0.2) is 23.9 Å². The molecule has 4 heteroatoms. The molecule has 1 aromatic rings. The molecule has 1 aliphatic carbocycles. The molecular formula is C23H31N3O. The fraction of sp³-hybridized carbons (Fsp3) is 0.565. The number of aryl methyl sites for hydroxylation is 2. The number of benzene rings is 1. The number of piperidine rings is 1. The minimum absolute atomic E-state index is 0.120. The van der Waals surface area contributed by atoms with E-state index in [0.717, 1.165) is 38.8 Å². The number of carbonyl (C=O) groups excluding carboxylic acids is 1. The Morgan fingerprint density at radius 2 is 2.00 bits per heavy atom. The molecule has 1 heterocycles. The van der Waals surface area contributed by atoms with Gasteiger partial charge in [0.2, 0.25) is 0 Å². The highest BCUT2D eigenvalue weighted by molar-refractivity contribution is 5.97. The number of hydrogen-bond acceptors (Lipinski definition) is 3. The van der Waals surface area contributed by atoms with Crippen molar-refractivity contribution in [2.45, 2.75) is 64.8 Å². The van der Waals surface area contributed by atoms with E-state index in [-0.39, 0.29) is 17.5 Å². The molecule has 0 aromatic heterocycles. The molecule has 27 heavy (non-hydrogen) atoms. The molecule has 0 saturated carbocycles. The van der Waals surface area contributed by atoms with Gasteiger partial charge in [-0.1, -0.05) is 32.0 Å². The summed E-state index contributed by atoms with van der Waals surface area (Å²) in [6.45, 7) is 5.85. The van der Waals surface area contributed by atoms with Gasteiger partial charge in [0.1, 0.15) is 11.6 Å². The zero-order valence-corrected chi connectivity index (χ0v) is 16.6. The van der Waals surface area contributed by atoms with Crippen LogP contribution in [0, 0.1) is 17.2 Å². The van der Waals surface area contributed by atoms with Gasteiger partial charge >= 0.3 is 0 Å². The van der Waals surface area contributed by atoms with Crippen molar-refractivity contribution in [3.63, 3.8) is 0 Å². The van der Waals surface area contributed by atoms with E-state index in [9.17, 15) is 10.1 Å². The van der Waals surface area contributed by atoms with E-state index in [0.29, 0.717) is 5.92 Å². The van der Waals surface area contributed by atoms with Gasteiger partial charge < -0.3 is 10.2 Å². The minimum atomic E-state index is -0.141. The highest BCUT2D eigenvalue weighted by atomic mass is 16.2. The van der Waals surface area contributed by atoms with Crippen LogP contribution in [0.15, 0.2) is 30.0 Å². The van der Waals surface area contributed by atoms with Gasteiger partial charge in [-0.15, -0.1) is 0 Å². The lowest BCUT2D eigenvalue weighted by Crippen LogP contribution is -2.38. The Hall–Kier alpha value is -2.28. The van der Waals surface area contributed by atoms with Crippen molar-refractivity contribution in [1.82, 2.24) is 10.2 Å². The second kappa shape index (κ2) is 9.08. The van der Waals surface area contributed by atoms with Crippen molar-refractivity contribution < 1.29 is 4.79 Å². The molecule has 1 saturated heterocycles. The van der Waals surface area contributed by atoms with Crippen LogP contribution in [0.1, 0.15) is 68.7 Å². The van der Waals surface area contributed by atoms with Crippen molar-refractivity contribution >= 4 is 5.91 Å². The number of nitrogens with zero attached hydrogens (tertiary/aromatic N) is 2. The lowest BCUT2D eigenvalue weighted by molar-refractivity contribution is -0.128. The first-order chi connectivity index (χ1) is 13.1. The third kappa shape index (κ3) is 4.71. The first-order valence-electron chi connectivity index (χ1n) is 10.4. The first-order valence-corrected chi connectivity index (χ1v) is 10.4. The van der Waals surface area contributed by atoms with E-state index in [1.54, 1.807) is 6.20 Å². The van der Waals surface area contributed by atoms with E-state index in [1.807, 2.05) is 4.90 Å². The normalized spacial score (nSPS) is 19.1. The van der Waals surface area contributed by atoms with Crippen molar-refractivity contribution in [2.75, 3.05) is 13.1 Å². The maximum atomic E-state index is 12.7. The monoisotopic (exact) mass is 365 g/mol. The molecule has 1 unspecified atom stereocenters. The molecule has 2 aliphatic rings. The largest absolute Gasteiger partial charge is 0.383 e. The van der Waals surface area contributed by atoms with Crippen LogP contribution in [0.25, 0.3) is 0 Å². The number of nitriles is 1. The van der Waals surface area contributed by atoms with E-state index >= 15 is 0 Å². The van der Waals surface area contributed by atoms with Crippen molar-refractivity contribution in [3.05, 3.63) is 46.7 Å². The van der Waals surface area contributed by atoms with Gasteiger partial charge in [-0.2, -0.15) is 5.26 Å². The Balaban J connectivity index is 1.69. The van der Waals surface area contributed by atoms with E-state index in [2.05, 4.69) is 43.4 Å². The van der Waals surface area contributed by atoms with Crippen LogP contribution >= 0.6 is 0 Å². The van der Waals surface area contributed by atoms with Crippen molar-refractivity contribution in [3.8, 4) is 6.07 Å². The third-order valence-corrected chi connectivity index (χ3v) is 6.03. The maximum absolute atomic E-state index is 12.7. The van der Waals surface area contributed by atoms with Gasteiger partial charge in [0.15, 0.2) is 0 Å². The Bertz CT molecular complexity index is 738. The van der Waals surface area contributed by atoms with Crippen molar-refractivity contribution in [2.24, 2.45) is 5.92 Å². The second-order valence-corrected chi connectivity index (χ2v) is 8.01. The molecule has 144 valence electrons. The molecule has 1 fully saturated rings. The van der Waals surface area contributed by atoms with Gasteiger partial charge in [-0.05, 0) is 67.6 Å². The number of rotatable bonds is 5. The summed E-state index contributed by atoms with van der Waals surface area (Å²) in [6.07, 6.45) is 9.47. The first kappa shape index (κ1) is 19.5. The van der Waals surface area contributed by atoms with Crippen LogP contribution < -0.4 is 5.32 Å². The predicted octanol–water partition coefficient (Wildman–Crippen LogP) is 4.27. The lowest BCUT2D eigenvalue weighted by atomic mass is 9.89. The van der Waals surface area contributed by atoms with E-state index in [4.69, 9.17) is 0 Å². The Labute approximate surface area is 163 Å². The summed E-state index contributed by atoms with van der Waals surface area (Å²) in [5.41, 5.74) is 4.39. The second-order valence-electron chi connectivity index (χ2n) is 8.01. The average molecular weight is 366 g/mol. The molecular weight excluding hydrogens is 334 g/mol. The summed E-state index contributed by atoms with van der Waals surface area (Å²) in [7, 11) is 0. The van der Waals surface area contributed by atoms with Crippen LogP contribution in [-0.2, 0) is 17.6 Å². The fourth-order valence-corrected chi connectivity index (χ4v) is 4.13. The quantitative estimate of drug-likeness (QED) is 0.626. The number of amides is 1. The van der Waals surface area contributed by atoms with Crippen molar-refractivity contribution in [1.29, 1.82) is 5.26 Å². The molecule has 0 bridgehead atoms. The number of nitrogens with one attached hydrogen (secondary N) is 1. The summed E-state index contributed by atoms with van der Waals surface area (Å²) in [5, 5.41) is 12.8. The molecule has 0 spiro atoms. The molecule has 0 radical (unpaired) electrons. The zero-order valence-electron chi connectivity index (χ0n) is 16.6. The molecule has 1 atom stereocenters. The highest BCUT2D eigenvalue weighted by Crippen LogP contribution is 2.26. The molecule has 1 aromatic carbocycles. The molecule has 1 aliphatic heterocycles. The Morgan fingerprint density at radius 3 is 2.67 bits per heavy atom. The van der Waals surface area contributed by atoms with Gasteiger partial charge in [-0.25, -0.2) is 0 Å². The standard InChI is InChI=1S/C23H31N3O/c1-3-22(20-9-8-18-6-4-5-7-19(18)14-20)25-16-21(15-24)23(27)26-12-10-17(2)11-13-26/h8-9,14,16-17,22,25H,3-7,10-13H2,1-2H3/b21-16-. The lowest BCUT2D eigenvalue weighted by Gasteiger charge is -2.30. The summed E-state index contributed by atoms with van der Waals surface area (Å²) in [5.74, 6) is 0.521. The molecule has 1 N–H and O–H groups in total. The van der Waals surface area contributed by atoms with Gasteiger partial charge in [0.05, 0.1) is 6.04 Å². The topological polar surface area (TPSA) is 56.1 Å². The van der Waals surface area contributed by atoms with Crippen LogP contribution in [0.3, 0.4) is 0 Å². The number of hydrogen-bond donors (Lipinski definition) is 1. The average Bonchev–Trinajstić information content (AvgIpc) is 2.71. The summed E-state index contributed by atoms with van der Waals surface area (Å²) >= 11 is 0. The summed E-state index contributed by atoms with van der Waals surface area (Å²) in [6, 6.07) is 8.97. The third-order valence-electron chi connectivity index (χ3n) is 6.03. The molecule has 1 amide bonds. The molecule has 3 rings (SSSR count). The van der Waals surface area contributed by atoms with Crippen LogP contribution in [0.4, 0.5) is 0 Å². The van der Waals surface area contributed by atoms with Gasteiger partial charge in [-0.3, -0.25) is 4.79 Å². The number of likely N-dealkylation sites (tertiary alicyclic amines) is 1. The van der Waals surface area contributed by atoms with E-state index < -0.39 is 0 Å². The van der Waals surface area contributed by atoms with Crippen LogP contribution in [0.5, 0.6) is 0 Å². The summed E-state index contributed by atoms with van der Waals surface area (Å²) < 4.78 is 0. The minimum Gasteiger partial charge on any atom is -0.383 e. The fourth-order valence-electron chi connectivity index (χ4n) is 4.13. The van der Waals surface area contributed by atoms with E-state index in [1.165, 1.54) is 36.0 Å². The molecule has 4 nitrogen and oxygen atoms in total. The van der Waals surface area contributed by atoms with Gasteiger partial charge in [0.25, 0.3) is 5.91 Å². The summed E-state index contributed by atoms with van der Waals surface area (Å²) in [4.78, 5) is 14.5. The smallest absolute Gasteiger partial charge is 0.265 e. The number of fused-ring (bicyclic) bond motifs is 1. The zero-order chi connectivity index (χ0) is 19.2. The maximum Gasteiger partial charge on any atom is 0.265 e. The Kier molecular flexibility index (Phi) is 6.55. The SMILES string of the molecule is CCC(N/C=C(/C#N)C(=O)N1CCC(C)CC1)c1ccc2c(c1)CCCC2. The predicted molar refractivity (Wildman–Crippen MR) is 108 cm³/mol. The van der Waals surface area contributed by atoms with Crippen LogP contribution in [0.2, 0.25) is 0 Å².